The number of nitrogens with zero attached hydrogens (tertiary/aromatic N) is 4. The fraction of sp³-hybridized carbons (Fsp3) is 0. The molecule has 4 rings (SSSR count). The predicted octanol–water partition coefficient (Wildman–Crippen LogP) is 4.08. The lowest BCUT2D eigenvalue weighted by atomic mass is 10.2. The molecule has 0 spiro atoms. The summed E-state index contributed by atoms with van der Waals surface area (Å²) in [6.07, 6.45) is 2.82. The molecule has 8 nitrogen and oxygen atoms in total. The summed E-state index contributed by atoms with van der Waals surface area (Å²) in [4.78, 5) is 20.0. The summed E-state index contributed by atoms with van der Waals surface area (Å²) >= 11 is 5.95. The smallest absolute Gasteiger partial charge is 0.276 e. The molecule has 3 N–H and O–H groups in total. The van der Waals surface area contributed by atoms with Crippen molar-refractivity contribution < 1.29 is 13.9 Å². The quantitative estimate of drug-likeness (QED) is 0.499. The van der Waals surface area contributed by atoms with Crippen molar-refractivity contribution in [1.29, 1.82) is 0 Å². The molecule has 0 saturated carbocycles. The first-order valence-corrected chi connectivity index (χ1v) is 9.05. The first-order chi connectivity index (χ1) is 14.5. The molecule has 2 aromatic carbocycles. The van der Waals surface area contributed by atoms with Crippen LogP contribution in [0.5, 0.6) is 11.6 Å². The number of ether oxygens (including phenoxy) is 1. The van der Waals surface area contributed by atoms with E-state index in [1.54, 1.807) is 16.9 Å². The first kappa shape index (κ1) is 19.3. The van der Waals surface area contributed by atoms with Crippen LogP contribution in [0.3, 0.4) is 0 Å². The van der Waals surface area contributed by atoms with Gasteiger partial charge in [0.2, 0.25) is 5.88 Å². The summed E-state index contributed by atoms with van der Waals surface area (Å²) in [6, 6.07) is 14.8. The normalized spacial score (nSPS) is 10.6. The zero-order valence-electron chi connectivity index (χ0n) is 15.3. The minimum absolute atomic E-state index is 0.0147. The van der Waals surface area contributed by atoms with E-state index < -0.39 is 11.7 Å². The largest absolute Gasteiger partial charge is 0.434 e. The highest BCUT2D eigenvalue weighted by Crippen LogP contribution is 2.32. The molecule has 2 heterocycles. The fourth-order valence-corrected chi connectivity index (χ4v) is 2.70. The first-order valence-electron chi connectivity index (χ1n) is 8.67. The molecule has 10 heteroatoms. The number of amides is 1. The van der Waals surface area contributed by atoms with Gasteiger partial charge in [-0.2, -0.15) is 10.1 Å². The third-order valence-electron chi connectivity index (χ3n) is 4.02. The Morgan fingerprint density at radius 3 is 2.70 bits per heavy atom. The van der Waals surface area contributed by atoms with Gasteiger partial charge in [-0.1, -0.05) is 29.8 Å². The van der Waals surface area contributed by atoms with Crippen molar-refractivity contribution in [3.8, 4) is 17.3 Å². The highest BCUT2D eigenvalue weighted by Gasteiger charge is 2.15. The van der Waals surface area contributed by atoms with Crippen LogP contribution in [0.4, 0.5) is 15.9 Å². The van der Waals surface area contributed by atoms with Crippen molar-refractivity contribution in [2.75, 3.05) is 11.1 Å². The van der Waals surface area contributed by atoms with Gasteiger partial charge in [0.1, 0.15) is 17.2 Å². The second-order valence-electron chi connectivity index (χ2n) is 6.06. The second-order valence-corrected chi connectivity index (χ2v) is 6.44. The molecule has 0 aliphatic heterocycles. The van der Waals surface area contributed by atoms with Crippen molar-refractivity contribution in [3.63, 3.8) is 0 Å². The molecule has 150 valence electrons. The Labute approximate surface area is 175 Å². The molecule has 0 bridgehead atoms. The lowest BCUT2D eigenvalue weighted by molar-refractivity contribution is 0.102. The number of halogens is 2. The van der Waals surface area contributed by atoms with E-state index in [0.29, 0.717) is 0 Å². The molecule has 0 unspecified atom stereocenters. The maximum atomic E-state index is 14.4. The number of carbonyl (C=O) groups is 1. The monoisotopic (exact) mass is 424 g/mol. The van der Waals surface area contributed by atoms with E-state index in [2.05, 4.69) is 20.4 Å². The van der Waals surface area contributed by atoms with E-state index >= 15 is 0 Å². The van der Waals surface area contributed by atoms with Crippen molar-refractivity contribution in [3.05, 3.63) is 83.7 Å². The van der Waals surface area contributed by atoms with E-state index in [0.717, 1.165) is 18.1 Å². The van der Waals surface area contributed by atoms with Gasteiger partial charge < -0.3 is 15.8 Å². The summed E-state index contributed by atoms with van der Waals surface area (Å²) in [5.74, 6) is -1.41. The fourth-order valence-electron chi connectivity index (χ4n) is 2.57. The number of nitrogen functional groups attached to an aromatic ring is 1. The highest BCUT2D eigenvalue weighted by molar-refractivity contribution is 6.34. The van der Waals surface area contributed by atoms with Gasteiger partial charge in [-0.15, -0.1) is 0 Å². The lowest BCUT2D eigenvalue weighted by Crippen LogP contribution is -2.13. The van der Waals surface area contributed by atoms with Crippen LogP contribution >= 0.6 is 11.6 Å². The zero-order valence-corrected chi connectivity index (χ0v) is 16.0. The van der Waals surface area contributed by atoms with Crippen molar-refractivity contribution >= 4 is 29.0 Å². The average molecular weight is 425 g/mol. The number of carbonyl (C=O) groups excluding carboxylic acids is 1. The van der Waals surface area contributed by atoms with Crippen LogP contribution in [0.25, 0.3) is 5.69 Å². The van der Waals surface area contributed by atoms with Crippen molar-refractivity contribution in [2.24, 2.45) is 0 Å². The summed E-state index contributed by atoms with van der Waals surface area (Å²) in [5.41, 5.74) is 6.80. The summed E-state index contributed by atoms with van der Waals surface area (Å²) in [7, 11) is 0. The van der Waals surface area contributed by atoms with Gasteiger partial charge in [-0.05, 0) is 30.3 Å². The van der Waals surface area contributed by atoms with Crippen LogP contribution in [0.15, 0.2) is 67.1 Å². The Kier molecular flexibility index (Phi) is 5.27. The minimum atomic E-state index is -0.726. The number of para-hydroxylation sites is 1. The molecule has 0 fully saturated rings. The molecule has 0 atom stereocenters. The van der Waals surface area contributed by atoms with Crippen LogP contribution in [0, 0.1) is 5.82 Å². The third kappa shape index (κ3) is 4.06. The van der Waals surface area contributed by atoms with Gasteiger partial charge in [0.25, 0.3) is 5.91 Å². The van der Waals surface area contributed by atoms with Gasteiger partial charge in [0.15, 0.2) is 17.3 Å². The van der Waals surface area contributed by atoms with Crippen LogP contribution in [-0.2, 0) is 0 Å². The number of hydrogen-bond acceptors (Lipinski definition) is 6. The van der Waals surface area contributed by atoms with Gasteiger partial charge in [0, 0.05) is 18.0 Å². The number of hydrogen-bond donors (Lipinski definition) is 2. The minimum Gasteiger partial charge on any atom is -0.434 e. The van der Waals surface area contributed by atoms with E-state index in [9.17, 15) is 9.18 Å². The molecule has 30 heavy (non-hydrogen) atoms. The van der Waals surface area contributed by atoms with E-state index in [-0.39, 0.29) is 33.9 Å². The molecule has 0 saturated heterocycles. The third-order valence-corrected chi connectivity index (χ3v) is 4.38. The van der Waals surface area contributed by atoms with Crippen LogP contribution in [-0.4, -0.2) is 25.7 Å². The Morgan fingerprint density at radius 2 is 1.93 bits per heavy atom. The van der Waals surface area contributed by atoms with E-state index in [1.165, 1.54) is 12.1 Å². The van der Waals surface area contributed by atoms with E-state index in [1.807, 2.05) is 30.3 Å². The molecule has 0 aliphatic carbocycles. The number of nitrogens with two attached hydrogens (primary N) is 1. The number of anilines is 2. The predicted molar refractivity (Wildman–Crippen MR) is 109 cm³/mol. The van der Waals surface area contributed by atoms with Gasteiger partial charge in [-0.25, -0.2) is 14.1 Å². The maximum Gasteiger partial charge on any atom is 0.276 e. The molecule has 0 aliphatic rings. The molecule has 1 amide bonds. The van der Waals surface area contributed by atoms with Gasteiger partial charge in [-0.3, -0.25) is 4.79 Å². The number of aromatic nitrogens is 4. The van der Waals surface area contributed by atoms with Crippen molar-refractivity contribution in [1.82, 2.24) is 19.7 Å². The summed E-state index contributed by atoms with van der Waals surface area (Å²) in [6.45, 7) is 0. The van der Waals surface area contributed by atoms with E-state index in [4.69, 9.17) is 22.1 Å². The Bertz CT molecular complexity index is 1220. The number of rotatable bonds is 5. The summed E-state index contributed by atoms with van der Waals surface area (Å²) < 4.78 is 21.4. The lowest BCUT2D eigenvalue weighted by Gasteiger charge is -2.09. The average Bonchev–Trinajstić information content (AvgIpc) is 3.24. The Hall–Kier alpha value is -3.98. The van der Waals surface area contributed by atoms with Crippen molar-refractivity contribution in [2.45, 2.75) is 0 Å². The van der Waals surface area contributed by atoms with Gasteiger partial charge >= 0.3 is 0 Å². The van der Waals surface area contributed by atoms with Crippen LogP contribution in [0.1, 0.15) is 10.5 Å². The maximum absolute atomic E-state index is 14.4. The molecule has 0 radical (unpaired) electrons. The zero-order chi connectivity index (χ0) is 21.1. The second kappa shape index (κ2) is 8.18. The topological polar surface area (TPSA) is 108 Å². The SMILES string of the molecule is Nc1ncnc(Oc2ccc(NC(=O)c3ccn(-c4ccccc4)n3)cc2F)c1Cl. The molecule has 4 aromatic rings. The Morgan fingerprint density at radius 1 is 1.13 bits per heavy atom. The summed E-state index contributed by atoms with van der Waals surface area (Å²) in [5, 5.41) is 6.80. The molecular weight excluding hydrogens is 411 g/mol. The van der Waals surface area contributed by atoms with Crippen LogP contribution < -0.4 is 15.8 Å². The standard InChI is InChI=1S/C20H14ClFN6O2/c21-17-18(23)24-11-25-20(17)30-16-7-6-12(10-14(16)22)26-19(29)15-8-9-28(27-15)13-4-2-1-3-5-13/h1-11H,(H,26,29)(H2,23,24,25). The highest BCUT2D eigenvalue weighted by atomic mass is 35.5. The molecular formula is C20H14ClFN6O2. The molecule has 2 aromatic heterocycles. The van der Waals surface area contributed by atoms with Crippen LogP contribution in [0.2, 0.25) is 5.02 Å². The number of nitrogens with one attached hydrogen (secondary N) is 1. The Balaban J connectivity index is 1.48. The van der Waals surface area contributed by atoms with Gasteiger partial charge in [0.05, 0.1) is 5.69 Å². The number of benzene rings is 2.